The van der Waals surface area contributed by atoms with E-state index in [1.54, 1.807) is 0 Å². The predicted molar refractivity (Wildman–Crippen MR) is 94.9 cm³/mol. The number of hydrogen-bond acceptors (Lipinski definition) is 1. The molecule has 0 aliphatic heterocycles. The molecule has 0 aliphatic carbocycles. The van der Waals surface area contributed by atoms with Gasteiger partial charge in [0.05, 0.1) is 6.04 Å². The summed E-state index contributed by atoms with van der Waals surface area (Å²) in [6.07, 6.45) is 1.14. The summed E-state index contributed by atoms with van der Waals surface area (Å²) < 4.78 is 1.14. The first-order valence-corrected chi connectivity index (χ1v) is 8.38. The van der Waals surface area contributed by atoms with Crippen LogP contribution >= 0.6 is 15.9 Å². The van der Waals surface area contributed by atoms with E-state index in [-0.39, 0.29) is 6.04 Å². The lowest BCUT2D eigenvalue weighted by Gasteiger charge is -2.23. The Morgan fingerprint density at radius 1 is 0.952 bits per heavy atom. The van der Waals surface area contributed by atoms with E-state index in [1.165, 1.54) is 27.8 Å². The van der Waals surface area contributed by atoms with Crippen LogP contribution in [-0.2, 0) is 0 Å². The van der Waals surface area contributed by atoms with Crippen LogP contribution in [0.1, 0.15) is 47.2 Å². The average molecular weight is 346 g/mol. The Morgan fingerprint density at radius 2 is 1.57 bits per heavy atom. The molecule has 1 nitrogen and oxygen atoms in total. The number of nitrogens with one attached hydrogen (secondary N) is 1. The van der Waals surface area contributed by atoms with E-state index in [0.29, 0.717) is 0 Å². The van der Waals surface area contributed by atoms with Crippen molar-refractivity contribution in [3.63, 3.8) is 0 Å². The number of benzene rings is 2. The molecule has 0 saturated heterocycles. The van der Waals surface area contributed by atoms with E-state index < -0.39 is 0 Å². The van der Waals surface area contributed by atoms with Crippen LogP contribution in [0.25, 0.3) is 0 Å². The van der Waals surface area contributed by atoms with Crippen molar-refractivity contribution >= 4 is 15.9 Å². The van der Waals surface area contributed by atoms with Gasteiger partial charge in [-0.15, -0.1) is 0 Å². The highest BCUT2D eigenvalue weighted by molar-refractivity contribution is 9.10. The van der Waals surface area contributed by atoms with E-state index in [2.05, 4.69) is 85.3 Å². The highest BCUT2D eigenvalue weighted by Gasteiger charge is 2.17. The molecule has 2 aromatic rings. The maximum Gasteiger partial charge on any atom is 0.0581 e. The van der Waals surface area contributed by atoms with Crippen LogP contribution in [0.2, 0.25) is 0 Å². The molecule has 0 aromatic heterocycles. The third-order valence-electron chi connectivity index (χ3n) is 3.88. The Bertz CT molecular complexity index is 567. The van der Waals surface area contributed by atoms with Crippen molar-refractivity contribution < 1.29 is 0 Å². The highest BCUT2D eigenvalue weighted by Crippen LogP contribution is 2.29. The molecule has 1 unspecified atom stereocenters. The second-order valence-corrected chi connectivity index (χ2v) is 6.66. The van der Waals surface area contributed by atoms with Gasteiger partial charge in [-0.1, -0.05) is 52.7 Å². The minimum Gasteiger partial charge on any atom is -0.306 e. The van der Waals surface area contributed by atoms with Crippen LogP contribution in [-0.4, -0.2) is 6.54 Å². The lowest BCUT2D eigenvalue weighted by molar-refractivity contribution is 0.594. The predicted octanol–water partition coefficient (Wildman–Crippen LogP) is 5.46. The maximum absolute atomic E-state index is 3.71. The summed E-state index contributed by atoms with van der Waals surface area (Å²) in [6.45, 7) is 9.77. The normalized spacial score (nSPS) is 12.4. The van der Waals surface area contributed by atoms with E-state index in [4.69, 9.17) is 0 Å². The number of aryl methyl sites for hydroxylation is 3. The first-order chi connectivity index (χ1) is 10.0. The summed E-state index contributed by atoms with van der Waals surface area (Å²) in [6, 6.07) is 13.6. The van der Waals surface area contributed by atoms with Crippen molar-refractivity contribution in [3.8, 4) is 0 Å². The van der Waals surface area contributed by atoms with Crippen LogP contribution in [0.4, 0.5) is 0 Å². The van der Waals surface area contributed by atoms with Crippen molar-refractivity contribution in [2.75, 3.05) is 6.54 Å². The molecule has 0 radical (unpaired) electrons. The zero-order valence-corrected chi connectivity index (χ0v) is 14.9. The zero-order valence-electron chi connectivity index (χ0n) is 13.3. The van der Waals surface area contributed by atoms with E-state index in [0.717, 1.165) is 17.4 Å². The summed E-state index contributed by atoms with van der Waals surface area (Å²) in [7, 11) is 0. The van der Waals surface area contributed by atoms with Gasteiger partial charge < -0.3 is 5.32 Å². The van der Waals surface area contributed by atoms with Crippen LogP contribution in [0, 0.1) is 20.8 Å². The molecule has 0 fully saturated rings. The molecule has 0 saturated carbocycles. The second kappa shape index (κ2) is 7.24. The van der Waals surface area contributed by atoms with Gasteiger partial charge in [-0.3, -0.25) is 0 Å². The molecule has 2 heteroatoms. The van der Waals surface area contributed by atoms with Gasteiger partial charge in [0.2, 0.25) is 0 Å². The first kappa shape index (κ1) is 16.3. The van der Waals surface area contributed by atoms with E-state index >= 15 is 0 Å². The fraction of sp³-hybridized carbons (Fsp3) is 0.368. The van der Waals surface area contributed by atoms with Crippen molar-refractivity contribution in [1.82, 2.24) is 5.32 Å². The van der Waals surface area contributed by atoms with Gasteiger partial charge >= 0.3 is 0 Å². The molecule has 0 bridgehead atoms. The van der Waals surface area contributed by atoms with Crippen LogP contribution < -0.4 is 5.32 Å². The third kappa shape index (κ3) is 3.96. The monoisotopic (exact) mass is 345 g/mol. The molecule has 0 heterocycles. The van der Waals surface area contributed by atoms with Crippen LogP contribution in [0.15, 0.2) is 40.9 Å². The van der Waals surface area contributed by atoms with Gasteiger partial charge in [0, 0.05) is 4.47 Å². The maximum atomic E-state index is 3.71. The van der Waals surface area contributed by atoms with Gasteiger partial charge in [0.25, 0.3) is 0 Å². The van der Waals surface area contributed by atoms with Crippen LogP contribution in [0.3, 0.4) is 0 Å². The first-order valence-electron chi connectivity index (χ1n) is 7.59. The topological polar surface area (TPSA) is 12.0 Å². The Labute approximate surface area is 136 Å². The Morgan fingerprint density at radius 3 is 2.14 bits per heavy atom. The molecule has 0 spiro atoms. The van der Waals surface area contributed by atoms with Gasteiger partial charge in [0.1, 0.15) is 0 Å². The molecule has 0 amide bonds. The fourth-order valence-corrected chi connectivity index (χ4v) is 3.26. The Balaban J connectivity index is 2.46. The van der Waals surface area contributed by atoms with Crippen molar-refractivity contribution in [1.29, 1.82) is 0 Å². The highest BCUT2D eigenvalue weighted by atomic mass is 79.9. The van der Waals surface area contributed by atoms with Crippen molar-refractivity contribution in [2.45, 2.75) is 40.2 Å². The van der Waals surface area contributed by atoms with Gasteiger partial charge in [-0.05, 0) is 68.1 Å². The molecule has 2 aromatic carbocycles. The fourth-order valence-electron chi connectivity index (χ4n) is 2.79. The minimum atomic E-state index is 0.263. The van der Waals surface area contributed by atoms with Gasteiger partial charge in [-0.2, -0.15) is 0 Å². The molecule has 1 atom stereocenters. The number of rotatable bonds is 5. The van der Waals surface area contributed by atoms with Gasteiger partial charge in [0.15, 0.2) is 0 Å². The molecule has 0 aliphatic rings. The SMILES string of the molecule is CCCNC(c1ccc(C)cc1C)c1ccc(Br)cc1C. The number of hydrogen-bond donors (Lipinski definition) is 1. The lowest BCUT2D eigenvalue weighted by Crippen LogP contribution is -2.24. The summed E-state index contributed by atoms with van der Waals surface area (Å²) in [5.74, 6) is 0. The smallest absolute Gasteiger partial charge is 0.0581 e. The van der Waals surface area contributed by atoms with E-state index in [1.807, 2.05) is 0 Å². The zero-order chi connectivity index (χ0) is 15.4. The third-order valence-corrected chi connectivity index (χ3v) is 4.37. The Hall–Kier alpha value is -1.12. The largest absolute Gasteiger partial charge is 0.306 e. The van der Waals surface area contributed by atoms with Crippen molar-refractivity contribution in [3.05, 3.63) is 68.7 Å². The molecule has 1 N–H and O–H groups in total. The average Bonchev–Trinajstić information content (AvgIpc) is 2.42. The lowest BCUT2D eigenvalue weighted by atomic mass is 9.91. The summed E-state index contributed by atoms with van der Waals surface area (Å²) in [4.78, 5) is 0. The summed E-state index contributed by atoms with van der Waals surface area (Å²) in [5.41, 5.74) is 6.72. The van der Waals surface area contributed by atoms with Crippen LogP contribution in [0.5, 0.6) is 0 Å². The number of halogens is 1. The quantitative estimate of drug-likeness (QED) is 0.758. The molecular weight excluding hydrogens is 322 g/mol. The Kier molecular flexibility index (Phi) is 5.60. The van der Waals surface area contributed by atoms with E-state index in [9.17, 15) is 0 Å². The molecule has 21 heavy (non-hydrogen) atoms. The standard InChI is InChI=1S/C19H24BrN/c1-5-10-21-19(17-8-6-13(2)11-14(17)3)18-9-7-16(20)12-15(18)4/h6-9,11-12,19,21H,5,10H2,1-4H3. The summed E-state index contributed by atoms with van der Waals surface area (Å²) in [5, 5.41) is 3.71. The second-order valence-electron chi connectivity index (χ2n) is 5.75. The summed E-state index contributed by atoms with van der Waals surface area (Å²) >= 11 is 3.56. The van der Waals surface area contributed by atoms with Gasteiger partial charge in [-0.25, -0.2) is 0 Å². The van der Waals surface area contributed by atoms with Crippen molar-refractivity contribution in [2.24, 2.45) is 0 Å². The molecule has 112 valence electrons. The molecular formula is C19H24BrN. The minimum absolute atomic E-state index is 0.263. The molecule has 2 rings (SSSR count).